The van der Waals surface area contributed by atoms with Crippen molar-refractivity contribution in [3.63, 3.8) is 0 Å². The van der Waals surface area contributed by atoms with E-state index in [0.29, 0.717) is 18.8 Å². The molecule has 3 amide bonds. The molecule has 20 heavy (non-hydrogen) atoms. The van der Waals surface area contributed by atoms with Gasteiger partial charge in [-0.1, -0.05) is 0 Å². The van der Waals surface area contributed by atoms with E-state index >= 15 is 0 Å². The summed E-state index contributed by atoms with van der Waals surface area (Å²) in [6, 6.07) is 1.02. The number of aromatic nitrogens is 1. The maximum atomic E-state index is 12.6. The summed E-state index contributed by atoms with van der Waals surface area (Å²) in [6.07, 6.45) is 1.85. The van der Waals surface area contributed by atoms with Gasteiger partial charge in [0.25, 0.3) is 5.91 Å². The van der Waals surface area contributed by atoms with E-state index in [2.05, 4.69) is 21.2 Å². The van der Waals surface area contributed by atoms with Crippen LogP contribution in [0.25, 0.3) is 0 Å². The molecule has 7 heteroatoms. The highest BCUT2D eigenvalue weighted by molar-refractivity contribution is 9.10. The van der Waals surface area contributed by atoms with Crippen molar-refractivity contribution in [2.75, 3.05) is 6.54 Å². The molecule has 1 saturated heterocycles. The third kappa shape index (κ3) is 2.63. The number of imide groups is 1. The van der Waals surface area contributed by atoms with E-state index in [4.69, 9.17) is 0 Å². The highest BCUT2D eigenvalue weighted by atomic mass is 79.9. The van der Waals surface area contributed by atoms with Crippen LogP contribution in [0.1, 0.15) is 30.8 Å². The van der Waals surface area contributed by atoms with Crippen molar-refractivity contribution in [2.24, 2.45) is 0 Å². The zero-order valence-electron chi connectivity index (χ0n) is 11.4. The first-order chi connectivity index (χ1) is 9.47. The average Bonchev–Trinajstić information content (AvgIpc) is 2.93. The fourth-order valence-corrected chi connectivity index (χ4v) is 2.82. The monoisotopic (exact) mass is 341 g/mol. The van der Waals surface area contributed by atoms with E-state index in [1.807, 2.05) is 17.7 Å². The number of carbonyl (C=O) groups is 3. The minimum atomic E-state index is -0.709. The predicted molar refractivity (Wildman–Crippen MR) is 76.1 cm³/mol. The molecule has 0 saturated carbocycles. The number of aryl methyl sites for hydroxylation is 1. The maximum absolute atomic E-state index is 12.6. The predicted octanol–water partition coefficient (Wildman–Crippen LogP) is 1.15. The highest BCUT2D eigenvalue weighted by Gasteiger charge is 2.37. The number of hydrogen-bond acceptors (Lipinski definition) is 3. The van der Waals surface area contributed by atoms with Crippen LogP contribution in [-0.4, -0.2) is 39.8 Å². The van der Waals surface area contributed by atoms with Crippen molar-refractivity contribution in [1.82, 2.24) is 14.8 Å². The smallest absolute Gasteiger partial charge is 0.271 e. The molecule has 1 N–H and O–H groups in total. The Morgan fingerprint density at radius 2 is 2.20 bits per heavy atom. The maximum Gasteiger partial charge on any atom is 0.271 e. The first-order valence-electron chi connectivity index (χ1n) is 6.48. The number of carbonyl (C=O) groups excluding carboxylic acids is 3. The molecule has 108 valence electrons. The lowest BCUT2D eigenvalue weighted by Gasteiger charge is -2.25. The van der Waals surface area contributed by atoms with Crippen LogP contribution >= 0.6 is 15.9 Å². The van der Waals surface area contributed by atoms with Gasteiger partial charge in [0.2, 0.25) is 11.8 Å². The number of nitrogens with one attached hydrogen (secondary N) is 1. The summed E-state index contributed by atoms with van der Waals surface area (Å²) in [4.78, 5) is 37.1. The fourth-order valence-electron chi connectivity index (χ4n) is 2.36. The summed E-state index contributed by atoms with van der Waals surface area (Å²) in [5.41, 5.74) is 0.508. The molecule has 6 nitrogen and oxygen atoms in total. The van der Waals surface area contributed by atoms with Crippen LogP contribution in [-0.2, 0) is 16.1 Å². The Morgan fingerprint density at radius 1 is 1.50 bits per heavy atom. The van der Waals surface area contributed by atoms with Crippen molar-refractivity contribution in [3.05, 3.63) is 22.4 Å². The van der Waals surface area contributed by atoms with Gasteiger partial charge >= 0.3 is 0 Å². The molecule has 1 aliphatic rings. The van der Waals surface area contributed by atoms with Crippen molar-refractivity contribution in [3.8, 4) is 0 Å². The molecule has 2 heterocycles. The van der Waals surface area contributed by atoms with Gasteiger partial charge in [0.1, 0.15) is 11.7 Å². The van der Waals surface area contributed by atoms with Gasteiger partial charge in [-0.25, -0.2) is 0 Å². The number of hydrogen-bond donors (Lipinski definition) is 1. The molecular formula is C13H16BrN3O3. The molecule has 0 aromatic carbocycles. The molecule has 1 aliphatic heterocycles. The largest absolute Gasteiger partial charge is 0.343 e. The van der Waals surface area contributed by atoms with Gasteiger partial charge in [-0.15, -0.1) is 0 Å². The highest BCUT2D eigenvalue weighted by Crippen LogP contribution is 2.19. The summed E-state index contributed by atoms with van der Waals surface area (Å²) in [6.45, 7) is 4.75. The summed E-state index contributed by atoms with van der Waals surface area (Å²) in [7, 11) is 0. The number of amides is 3. The normalized spacial score (nSPS) is 18.2. The van der Waals surface area contributed by atoms with Crippen molar-refractivity contribution >= 4 is 33.7 Å². The Morgan fingerprint density at radius 3 is 2.70 bits per heavy atom. The second-order valence-corrected chi connectivity index (χ2v) is 5.47. The summed E-state index contributed by atoms with van der Waals surface area (Å²) in [5, 5.41) is 2.23. The topological polar surface area (TPSA) is 71.4 Å². The fraction of sp³-hybridized carbons (Fsp3) is 0.462. The van der Waals surface area contributed by atoms with Gasteiger partial charge in [0.05, 0.1) is 6.42 Å². The molecule has 2 rings (SSSR count). The van der Waals surface area contributed by atoms with Crippen LogP contribution < -0.4 is 5.32 Å². The summed E-state index contributed by atoms with van der Waals surface area (Å²) in [5.74, 6) is -0.980. The van der Waals surface area contributed by atoms with E-state index in [1.54, 1.807) is 13.0 Å². The second-order valence-electron chi connectivity index (χ2n) is 4.55. The van der Waals surface area contributed by atoms with Gasteiger partial charge in [-0.3, -0.25) is 19.7 Å². The SMILES string of the molecule is CCN(C(=O)c1cc(Br)cn1CC)[C@@H]1CC(=O)NC1=O. The third-order valence-corrected chi connectivity index (χ3v) is 3.78. The Bertz CT molecular complexity index is 567. The van der Waals surface area contributed by atoms with Crippen molar-refractivity contribution in [1.29, 1.82) is 0 Å². The van der Waals surface area contributed by atoms with E-state index in [9.17, 15) is 14.4 Å². The van der Waals surface area contributed by atoms with Gasteiger partial charge in [0.15, 0.2) is 0 Å². The van der Waals surface area contributed by atoms with Crippen LogP contribution in [0.4, 0.5) is 0 Å². The molecule has 1 aromatic rings. The van der Waals surface area contributed by atoms with Gasteiger partial charge in [0, 0.05) is 23.8 Å². The van der Waals surface area contributed by atoms with Gasteiger partial charge < -0.3 is 9.47 Å². The lowest BCUT2D eigenvalue weighted by molar-refractivity contribution is -0.126. The van der Waals surface area contributed by atoms with Crippen LogP contribution in [0.3, 0.4) is 0 Å². The first kappa shape index (κ1) is 14.8. The second kappa shape index (κ2) is 5.78. The summed E-state index contributed by atoms with van der Waals surface area (Å²) >= 11 is 3.34. The first-order valence-corrected chi connectivity index (χ1v) is 7.27. The minimum absolute atomic E-state index is 0.0341. The standard InChI is InChI=1S/C13H16BrN3O3/c1-3-16-7-8(14)5-10(16)13(20)17(4-2)9-6-11(18)15-12(9)19/h5,7,9H,3-4,6H2,1-2H3,(H,15,18,19)/t9-/m1/s1. The molecule has 1 aromatic heterocycles. The van der Waals surface area contributed by atoms with Crippen molar-refractivity contribution < 1.29 is 14.4 Å². The molecule has 1 fully saturated rings. The van der Waals surface area contributed by atoms with Crippen LogP contribution in [0.15, 0.2) is 16.7 Å². The van der Waals surface area contributed by atoms with E-state index in [-0.39, 0.29) is 18.2 Å². The van der Waals surface area contributed by atoms with E-state index < -0.39 is 11.9 Å². The molecule has 1 atom stereocenters. The molecule has 0 unspecified atom stereocenters. The molecular weight excluding hydrogens is 326 g/mol. The van der Waals surface area contributed by atoms with Gasteiger partial charge in [-0.05, 0) is 35.8 Å². The number of halogens is 1. The van der Waals surface area contributed by atoms with Crippen molar-refractivity contribution in [2.45, 2.75) is 32.9 Å². The molecule has 0 bridgehead atoms. The van der Waals surface area contributed by atoms with E-state index in [1.165, 1.54) is 4.90 Å². The molecule has 0 spiro atoms. The quantitative estimate of drug-likeness (QED) is 0.835. The van der Waals surface area contributed by atoms with Gasteiger partial charge in [-0.2, -0.15) is 0 Å². The van der Waals surface area contributed by atoms with Crippen LogP contribution in [0, 0.1) is 0 Å². The number of nitrogens with zero attached hydrogens (tertiary/aromatic N) is 2. The zero-order chi connectivity index (χ0) is 14.9. The number of rotatable bonds is 4. The Kier molecular flexibility index (Phi) is 4.27. The molecule has 0 radical (unpaired) electrons. The Balaban J connectivity index is 2.29. The summed E-state index contributed by atoms with van der Waals surface area (Å²) < 4.78 is 2.62. The Hall–Kier alpha value is -1.63. The average molecular weight is 342 g/mol. The minimum Gasteiger partial charge on any atom is -0.343 e. The number of likely N-dealkylation sites (N-methyl/N-ethyl adjacent to an activating group) is 1. The zero-order valence-corrected chi connectivity index (χ0v) is 12.9. The third-order valence-electron chi connectivity index (χ3n) is 3.34. The Labute approximate surface area is 125 Å². The lowest BCUT2D eigenvalue weighted by atomic mass is 10.2. The lowest BCUT2D eigenvalue weighted by Crippen LogP contribution is -2.44. The van der Waals surface area contributed by atoms with E-state index in [0.717, 1.165) is 4.47 Å². The molecule has 0 aliphatic carbocycles. The van der Waals surface area contributed by atoms with Crippen LogP contribution in [0.2, 0.25) is 0 Å². The van der Waals surface area contributed by atoms with Crippen LogP contribution in [0.5, 0.6) is 0 Å².